The first-order chi connectivity index (χ1) is 18.7. The Morgan fingerprint density at radius 3 is 1.62 bits per heavy atom. The molecule has 2 rings (SSSR count). The number of rotatable bonds is 14. The lowest BCUT2D eigenvalue weighted by Crippen LogP contribution is -2.61. The van der Waals surface area contributed by atoms with Crippen LogP contribution in [0.3, 0.4) is 0 Å². The van der Waals surface area contributed by atoms with E-state index in [0.29, 0.717) is 63.7 Å². The molecule has 0 bridgehead atoms. The maximum absolute atomic E-state index is 13.4. The molecule has 1 aromatic rings. The van der Waals surface area contributed by atoms with Crippen molar-refractivity contribution >= 4 is 29.6 Å². The summed E-state index contributed by atoms with van der Waals surface area (Å²) >= 11 is 0. The van der Waals surface area contributed by atoms with Gasteiger partial charge in [0.1, 0.15) is 24.2 Å². The zero-order valence-corrected chi connectivity index (χ0v) is 22.3. The second-order valence-electron chi connectivity index (χ2n) is 9.54. The summed E-state index contributed by atoms with van der Waals surface area (Å²) < 4.78 is 0. The molecule has 2 heterocycles. The average Bonchev–Trinajstić information content (AvgIpc) is 3.41. The van der Waals surface area contributed by atoms with Crippen molar-refractivity contribution in [2.45, 2.75) is 82.0 Å². The first kappa shape index (κ1) is 31.5. The van der Waals surface area contributed by atoms with Crippen LogP contribution in [0.15, 0.2) is 17.5 Å². The Morgan fingerprint density at radius 1 is 0.718 bits per heavy atom. The van der Waals surface area contributed by atoms with Crippen LogP contribution in [0.1, 0.15) is 57.1 Å². The molecule has 39 heavy (non-hydrogen) atoms. The number of aromatic amines is 1. The molecule has 15 nitrogen and oxygen atoms in total. The van der Waals surface area contributed by atoms with Crippen LogP contribution in [-0.2, 0) is 25.6 Å². The average molecular weight is 550 g/mol. The number of H-pyrrole nitrogens is 1. The predicted octanol–water partition coefficient (Wildman–Crippen LogP) is -2.78. The van der Waals surface area contributed by atoms with Crippen LogP contribution in [-0.4, -0.2) is 83.4 Å². The third-order valence-corrected chi connectivity index (χ3v) is 6.35. The number of amides is 4. The maximum Gasteiger partial charge on any atom is 0.243 e. The van der Waals surface area contributed by atoms with Gasteiger partial charge in [-0.05, 0) is 64.5 Å². The monoisotopic (exact) mass is 549 g/mol. The highest BCUT2D eigenvalue weighted by molar-refractivity contribution is 5.97. The van der Waals surface area contributed by atoms with E-state index in [9.17, 15) is 19.2 Å². The lowest BCUT2D eigenvalue weighted by molar-refractivity contribution is -0.137. The summed E-state index contributed by atoms with van der Waals surface area (Å²) in [6.45, 7) is 1.13. The van der Waals surface area contributed by atoms with E-state index in [1.807, 2.05) is 0 Å². The standard InChI is InChI=1S/C24H43N11O4/c25-9-3-1-6-16-20(36)33-17(7-2-4-10-26)22(38)35-19(12-15-13-29-14-31-15)23(39)34-18(21(37)32-16)8-5-11-30-24(27)28/h13-14,16-19H,1-12,25-26H2,(H,29,31)(H,32,37)(H,33,36)(H,34,39)(H,35,38)(H4,27,28,30)/t16-,17-,18-,19-/m0/s1. The summed E-state index contributed by atoms with van der Waals surface area (Å²) in [5.41, 5.74) is 22.6. The number of hydrogen-bond acceptors (Lipinski definition) is 8. The first-order valence-corrected chi connectivity index (χ1v) is 13.4. The van der Waals surface area contributed by atoms with Gasteiger partial charge in [0.05, 0.1) is 6.33 Å². The van der Waals surface area contributed by atoms with E-state index in [0.717, 1.165) is 0 Å². The minimum atomic E-state index is -1.03. The molecule has 13 N–H and O–H groups in total. The van der Waals surface area contributed by atoms with Crippen LogP contribution < -0.4 is 44.2 Å². The number of nitrogens with zero attached hydrogens (tertiary/aromatic N) is 2. The highest BCUT2D eigenvalue weighted by Gasteiger charge is 2.34. The molecule has 218 valence electrons. The molecule has 0 radical (unpaired) electrons. The second-order valence-corrected chi connectivity index (χ2v) is 9.54. The van der Waals surface area contributed by atoms with Gasteiger partial charge in [0.2, 0.25) is 23.6 Å². The molecule has 1 fully saturated rings. The number of imidazole rings is 1. The molecule has 1 aromatic heterocycles. The molecule has 0 unspecified atom stereocenters. The van der Waals surface area contributed by atoms with E-state index in [-0.39, 0.29) is 25.3 Å². The Bertz CT molecular complexity index is 950. The summed E-state index contributed by atoms with van der Waals surface area (Å²) in [4.78, 5) is 64.2. The Balaban J connectivity index is 2.35. The number of aromatic nitrogens is 2. The number of carbonyl (C=O) groups is 4. The van der Waals surface area contributed by atoms with Gasteiger partial charge in [-0.15, -0.1) is 0 Å². The van der Waals surface area contributed by atoms with Crippen LogP contribution >= 0.6 is 0 Å². The lowest BCUT2D eigenvalue weighted by atomic mass is 10.0. The Morgan fingerprint density at radius 2 is 1.18 bits per heavy atom. The maximum atomic E-state index is 13.4. The molecular formula is C24H43N11O4. The van der Waals surface area contributed by atoms with E-state index >= 15 is 0 Å². The smallest absolute Gasteiger partial charge is 0.243 e. The molecule has 0 aliphatic carbocycles. The number of carbonyl (C=O) groups excluding carboxylic acids is 4. The molecule has 0 spiro atoms. The minimum absolute atomic E-state index is 0.0813. The summed E-state index contributed by atoms with van der Waals surface area (Å²) in [5.74, 6) is -2.14. The van der Waals surface area contributed by atoms with Gasteiger partial charge in [0.15, 0.2) is 5.96 Å². The van der Waals surface area contributed by atoms with Gasteiger partial charge in [-0.3, -0.25) is 24.2 Å². The fraction of sp³-hybridized carbons (Fsp3) is 0.667. The van der Waals surface area contributed by atoms with E-state index in [4.69, 9.17) is 22.9 Å². The van der Waals surface area contributed by atoms with Crippen LogP contribution in [0.25, 0.3) is 0 Å². The third kappa shape index (κ3) is 11.3. The van der Waals surface area contributed by atoms with E-state index in [1.165, 1.54) is 6.33 Å². The highest BCUT2D eigenvalue weighted by Crippen LogP contribution is 2.10. The van der Waals surface area contributed by atoms with Crippen LogP contribution in [0.2, 0.25) is 0 Å². The quantitative estimate of drug-likeness (QED) is 0.0659. The Labute approximate surface area is 228 Å². The molecule has 15 heteroatoms. The zero-order chi connectivity index (χ0) is 28.6. The molecular weight excluding hydrogens is 506 g/mol. The largest absolute Gasteiger partial charge is 0.370 e. The molecule has 1 saturated heterocycles. The van der Waals surface area contributed by atoms with Crippen molar-refractivity contribution in [3.8, 4) is 0 Å². The second kappa shape index (κ2) is 17.0. The van der Waals surface area contributed by atoms with E-state index < -0.39 is 47.8 Å². The fourth-order valence-electron chi connectivity index (χ4n) is 4.21. The lowest BCUT2D eigenvalue weighted by Gasteiger charge is -2.29. The van der Waals surface area contributed by atoms with Gasteiger partial charge in [-0.1, -0.05) is 0 Å². The molecule has 0 saturated carbocycles. The number of aliphatic imine (C=N–C) groups is 1. The third-order valence-electron chi connectivity index (χ3n) is 6.35. The Hall–Kier alpha value is -3.72. The summed E-state index contributed by atoms with van der Waals surface area (Å²) in [7, 11) is 0. The molecule has 0 aromatic carbocycles. The predicted molar refractivity (Wildman–Crippen MR) is 146 cm³/mol. The Kier molecular flexibility index (Phi) is 13.7. The van der Waals surface area contributed by atoms with Crippen LogP contribution in [0, 0.1) is 0 Å². The van der Waals surface area contributed by atoms with Crippen molar-refractivity contribution in [2.75, 3.05) is 19.6 Å². The topological polar surface area (TPSA) is 262 Å². The van der Waals surface area contributed by atoms with Gasteiger partial charge >= 0.3 is 0 Å². The van der Waals surface area contributed by atoms with E-state index in [2.05, 4.69) is 36.2 Å². The highest BCUT2D eigenvalue weighted by atomic mass is 16.2. The van der Waals surface area contributed by atoms with Crippen molar-refractivity contribution in [3.05, 3.63) is 18.2 Å². The SMILES string of the molecule is NCCCC[C@@H]1NC(=O)[C@H](CCCN=C(N)N)NC(=O)[C@H](Cc2cnc[nH]2)NC(=O)[C@H](CCCCN)NC1=O. The summed E-state index contributed by atoms with van der Waals surface area (Å²) in [6, 6.07) is -3.84. The molecule has 4 atom stereocenters. The molecule has 4 amide bonds. The summed E-state index contributed by atoms with van der Waals surface area (Å²) in [5, 5.41) is 11.1. The van der Waals surface area contributed by atoms with Crippen molar-refractivity contribution in [1.82, 2.24) is 31.2 Å². The van der Waals surface area contributed by atoms with Crippen molar-refractivity contribution in [2.24, 2.45) is 27.9 Å². The number of nitrogens with two attached hydrogens (primary N) is 4. The van der Waals surface area contributed by atoms with Gasteiger partial charge in [-0.25, -0.2) is 4.98 Å². The van der Waals surface area contributed by atoms with Gasteiger partial charge < -0.3 is 49.2 Å². The molecule has 1 aliphatic rings. The first-order valence-electron chi connectivity index (χ1n) is 13.4. The van der Waals surface area contributed by atoms with E-state index in [1.54, 1.807) is 6.20 Å². The fourth-order valence-corrected chi connectivity index (χ4v) is 4.21. The van der Waals surface area contributed by atoms with Crippen molar-refractivity contribution in [3.63, 3.8) is 0 Å². The number of guanidine groups is 1. The molecule has 1 aliphatic heterocycles. The normalized spacial score (nSPS) is 22.5. The number of nitrogens with one attached hydrogen (secondary N) is 5. The van der Waals surface area contributed by atoms with Crippen molar-refractivity contribution in [1.29, 1.82) is 0 Å². The van der Waals surface area contributed by atoms with Crippen molar-refractivity contribution < 1.29 is 19.2 Å². The number of unbranched alkanes of at least 4 members (excludes halogenated alkanes) is 2. The van der Waals surface area contributed by atoms with Crippen LogP contribution in [0.5, 0.6) is 0 Å². The van der Waals surface area contributed by atoms with Gasteiger partial charge in [0, 0.05) is 24.9 Å². The zero-order valence-electron chi connectivity index (χ0n) is 22.3. The van der Waals surface area contributed by atoms with Gasteiger partial charge in [0.25, 0.3) is 0 Å². The summed E-state index contributed by atoms with van der Waals surface area (Å²) in [6.07, 6.45) is 6.86. The van der Waals surface area contributed by atoms with Crippen LogP contribution in [0.4, 0.5) is 0 Å². The van der Waals surface area contributed by atoms with Gasteiger partial charge in [-0.2, -0.15) is 0 Å². The minimum Gasteiger partial charge on any atom is -0.370 e. The number of hydrogen-bond donors (Lipinski definition) is 9.